The van der Waals surface area contributed by atoms with E-state index in [2.05, 4.69) is 13.8 Å². The van der Waals surface area contributed by atoms with Crippen LogP contribution in [0.5, 0.6) is 80.5 Å². The summed E-state index contributed by atoms with van der Waals surface area (Å²) in [5.41, 5.74) is 6.54. The van der Waals surface area contributed by atoms with Crippen LogP contribution in [0.1, 0.15) is 58.4 Å². The van der Waals surface area contributed by atoms with Crippen molar-refractivity contribution in [3.05, 3.63) is 348 Å². The first-order valence-electron chi connectivity index (χ1n) is 33.1. The second-order valence-corrected chi connectivity index (χ2v) is 30.1. The lowest BCUT2D eigenvalue weighted by molar-refractivity contribution is 0.294. The zero-order valence-corrected chi connectivity index (χ0v) is 64.6. The van der Waals surface area contributed by atoms with Crippen LogP contribution in [0.15, 0.2) is 303 Å². The Morgan fingerprint density at radius 3 is 0.748 bits per heavy atom. The Labute approximate surface area is 625 Å². The van der Waals surface area contributed by atoms with E-state index < -0.39 is 48.7 Å². The van der Waals surface area contributed by atoms with Gasteiger partial charge in [-0.15, -0.1) is 0 Å². The number of hydrogen-bond donors (Lipinski definition) is 0. The zero-order chi connectivity index (χ0) is 75.8. The first kappa shape index (κ1) is 78.3. The molecule has 0 fully saturated rings. The first-order chi connectivity index (χ1) is 51.5. The summed E-state index contributed by atoms with van der Waals surface area (Å²) >= 11 is 0. The lowest BCUT2D eigenvalue weighted by atomic mass is 9.78. The third kappa shape index (κ3) is 23.9. The van der Waals surface area contributed by atoms with Gasteiger partial charge in [0.05, 0.1) is 0 Å². The monoisotopic (exact) mass is 1550 g/mol. The Bertz CT molecular complexity index is 4820. The van der Waals surface area contributed by atoms with Crippen LogP contribution < -0.4 is 63.3 Å². The van der Waals surface area contributed by atoms with E-state index in [9.17, 15) is 27.4 Å². The molecule has 0 aliphatic rings. The van der Waals surface area contributed by atoms with E-state index in [-0.39, 0.29) is 28.4 Å². The maximum Gasteiger partial charge on any atom is 0.805 e. The summed E-state index contributed by atoms with van der Waals surface area (Å²) in [5.74, 6) is 4.87. The van der Waals surface area contributed by atoms with Crippen molar-refractivity contribution in [1.82, 2.24) is 0 Å². The van der Waals surface area contributed by atoms with E-state index in [1.807, 2.05) is 139 Å². The normalized spacial score (nSPS) is 11.5. The van der Waals surface area contributed by atoms with Crippen LogP contribution in [0.3, 0.4) is 0 Å². The summed E-state index contributed by atoms with van der Waals surface area (Å²) in [6.07, 6.45) is 0. The molecule has 12 aromatic rings. The molecule has 0 spiro atoms. The number of aryl methyl sites for hydroxylation is 6. The van der Waals surface area contributed by atoms with Crippen molar-refractivity contribution in [1.29, 1.82) is 0 Å². The van der Waals surface area contributed by atoms with Gasteiger partial charge in [0, 0.05) is 35.8 Å². The minimum atomic E-state index is -4.27. The van der Waals surface area contributed by atoms with Crippen LogP contribution >= 0.6 is 48.7 Å². The summed E-state index contributed by atoms with van der Waals surface area (Å²) < 4.78 is 155. The number of benzene rings is 12. The van der Waals surface area contributed by atoms with Gasteiger partial charge in [-0.25, -0.2) is 36.2 Å². The molecule has 0 aromatic heterocycles. The molecule has 0 heterocycles. The average molecular weight is 1550 g/mol. The Morgan fingerprint density at radius 2 is 0.439 bits per heavy atom. The molecule has 0 radical (unpaired) electrons. The van der Waals surface area contributed by atoms with Crippen LogP contribution in [-0.2, 0) is 32.8 Å². The van der Waals surface area contributed by atoms with E-state index in [1.165, 1.54) is 12.1 Å². The molecule has 544 valence electrons. The summed E-state index contributed by atoms with van der Waals surface area (Å²) in [4.78, 5) is 0. The number of phosphoric acid groups is 2. The van der Waals surface area contributed by atoms with E-state index in [1.54, 1.807) is 194 Å². The van der Waals surface area contributed by atoms with Crippen LogP contribution in [0.2, 0.25) is 0 Å². The van der Waals surface area contributed by atoms with Crippen molar-refractivity contribution >= 4 is 48.7 Å². The molecule has 12 rings (SSSR count). The molecule has 20 nitrogen and oxygen atoms in total. The maximum atomic E-state index is 14.2. The van der Waals surface area contributed by atoms with Crippen molar-refractivity contribution in [2.24, 2.45) is 0 Å². The van der Waals surface area contributed by atoms with E-state index in [0.717, 1.165) is 44.5 Å². The molecule has 0 N–H and O–H groups in total. The summed E-state index contributed by atoms with van der Waals surface area (Å²) in [6, 6.07) is 87.4. The van der Waals surface area contributed by atoms with Gasteiger partial charge in [0.2, 0.25) is 0 Å². The number of hydrogen-bond acceptors (Lipinski definition) is 20. The molecule has 0 bridgehead atoms. The smallest absolute Gasteiger partial charge is 0.386 e. The van der Waals surface area contributed by atoms with E-state index in [0.29, 0.717) is 57.5 Å². The van der Waals surface area contributed by atoms with Crippen molar-refractivity contribution in [2.75, 3.05) is 0 Å². The molecule has 0 aliphatic carbocycles. The maximum absolute atomic E-state index is 14.2. The van der Waals surface area contributed by atoms with Gasteiger partial charge in [-0.3, -0.25) is 0 Å². The Kier molecular flexibility index (Phi) is 27.5. The lowest BCUT2D eigenvalue weighted by Crippen LogP contribution is -2.18. The fourth-order valence-electron chi connectivity index (χ4n) is 10.0. The van der Waals surface area contributed by atoms with Gasteiger partial charge in [-0.2, -0.15) is 9.13 Å². The van der Waals surface area contributed by atoms with Crippen LogP contribution in [0.4, 0.5) is 0 Å². The molecule has 26 heteroatoms. The highest BCUT2D eigenvalue weighted by molar-refractivity contribution is 7.50. The fraction of sp³-hybridized carbons (Fsp3) is 0.111. The van der Waals surface area contributed by atoms with E-state index in [4.69, 9.17) is 63.3 Å². The Morgan fingerprint density at radius 1 is 0.224 bits per heavy atom. The van der Waals surface area contributed by atoms with Gasteiger partial charge < -0.3 is 27.1 Å². The highest BCUT2D eigenvalue weighted by Crippen LogP contribution is 2.54. The standard InChI is InChI=1S/C30H31O7P2.C27H24O6P2.C24H19O7P2/c1-20-11-7-12-21(2)28(20)34-38(31)33-26-17-10-18-27(19-26)35-39(32,36-29-22(3)13-8-14-23(29)4)37-30-24(5)15-9-16-25(30)6;1-27(2,21-13-17-25(18-14-21)32-34(28)30-23-9-5-3-6-10-23)22-15-19-26(20-16-22)33-35(29)31-24-11-7-4-8-12-24;25-32(27-20-11-4-1-5-12-20)28-23-17-10-18-24(19-23)31-33(26,29-21-13-6-2-7-14-21)30-22-15-8-3-9-16-22/h7-19H,1-6H3;3-20H,1-2H3;1-19H/q+1;+2;+1. The average Bonchev–Trinajstić information content (AvgIpc) is 0.798. The first-order valence-corrected chi connectivity index (χ1v) is 40.4. The van der Waals surface area contributed by atoms with Crippen molar-refractivity contribution < 1.29 is 90.7 Å². The third-order valence-corrected chi connectivity index (χ3v) is 20.8. The highest BCUT2D eigenvalue weighted by atomic mass is 31.2. The van der Waals surface area contributed by atoms with Gasteiger partial charge in [-0.1, -0.05) is 196 Å². The fourth-order valence-corrected chi connectivity index (χ4v) is 15.4. The second kappa shape index (κ2) is 37.6. The molecule has 107 heavy (non-hydrogen) atoms. The topological polar surface area (TPSA) is 232 Å². The third-order valence-electron chi connectivity index (χ3n) is 15.4. The van der Waals surface area contributed by atoms with Crippen molar-refractivity contribution in [3.63, 3.8) is 0 Å². The molecular weight excluding hydrogens is 1480 g/mol. The molecular formula is C81H74O20P6+4. The molecule has 12 aromatic carbocycles. The number of phosphoric ester groups is 2. The van der Waals surface area contributed by atoms with E-state index >= 15 is 0 Å². The second-order valence-electron chi connectivity index (χ2n) is 23.9. The molecule has 0 amide bonds. The molecule has 0 saturated carbocycles. The quantitative estimate of drug-likeness (QED) is 0.0381. The van der Waals surface area contributed by atoms with Crippen LogP contribution in [-0.4, -0.2) is 0 Å². The highest BCUT2D eigenvalue weighted by Gasteiger charge is 2.38. The molecule has 4 atom stereocenters. The lowest BCUT2D eigenvalue weighted by Gasteiger charge is -2.26. The predicted octanol–water partition coefficient (Wildman–Crippen LogP) is 25.0. The van der Waals surface area contributed by atoms with Gasteiger partial charge in [0.15, 0.2) is 46.0 Å². The van der Waals surface area contributed by atoms with Gasteiger partial charge in [0.25, 0.3) is 0 Å². The number of rotatable bonds is 30. The SMILES string of the molecule is CC(C)(c1ccc(O[P+](=O)Oc2ccccc2)cc1)c1ccc(O[P+](=O)Oc2ccccc2)cc1.Cc1cccc(C)c1O[P+](=O)Oc1cccc(OP(=O)(Oc2c(C)cccc2C)Oc2c(C)cccc2C)c1.O=[P+](Oc1ccccc1)Oc1cccc(OP(=O)(Oc2ccccc2)Oc2ccccc2)c1. The van der Waals surface area contributed by atoms with Crippen molar-refractivity contribution in [3.8, 4) is 80.5 Å². The minimum absolute atomic E-state index is 0.130. The Hall–Kier alpha value is -11.3. The zero-order valence-electron chi connectivity index (χ0n) is 59.2. The van der Waals surface area contributed by atoms with Crippen LogP contribution in [0.25, 0.3) is 0 Å². The van der Waals surface area contributed by atoms with Crippen LogP contribution in [0, 0.1) is 41.5 Å². The van der Waals surface area contributed by atoms with Gasteiger partial charge in [-0.05, 0) is 195 Å². The predicted molar refractivity (Wildman–Crippen MR) is 412 cm³/mol. The number of para-hydroxylation sites is 8. The molecule has 0 aliphatic heterocycles. The largest absolute Gasteiger partial charge is 0.805 e. The van der Waals surface area contributed by atoms with Gasteiger partial charge >= 0.3 is 48.7 Å². The minimum Gasteiger partial charge on any atom is -0.386 e. The molecule has 4 unspecified atom stereocenters. The summed E-state index contributed by atoms with van der Waals surface area (Å²) in [5, 5.41) is 0. The van der Waals surface area contributed by atoms with Gasteiger partial charge in [0.1, 0.15) is 34.5 Å². The summed E-state index contributed by atoms with van der Waals surface area (Å²) in [7, 11) is -18.1. The molecule has 0 saturated heterocycles. The Balaban J connectivity index is 0.000000172. The van der Waals surface area contributed by atoms with Crippen molar-refractivity contribution in [2.45, 2.75) is 60.8 Å². The summed E-state index contributed by atoms with van der Waals surface area (Å²) in [6.45, 7) is 15.3.